The number of hydrogen-bond donors (Lipinski definition) is 1. The van der Waals surface area contributed by atoms with E-state index in [1.54, 1.807) is 6.07 Å². The van der Waals surface area contributed by atoms with Crippen molar-refractivity contribution >= 4 is 11.6 Å². The number of rotatable bonds is 3. The van der Waals surface area contributed by atoms with Crippen LogP contribution in [0.25, 0.3) is 16.8 Å². The van der Waals surface area contributed by atoms with Gasteiger partial charge in [-0.3, -0.25) is 9.79 Å². The van der Waals surface area contributed by atoms with Crippen LogP contribution in [0.5, 0.6) is 0 Å². The van der Waals surface area contributed by atoms with Crippen LogP contribution >= 0.6 is 0 Å². The highest BCUT2D eigenvalue weighted by atomic mass is 19.1. The maximum Gasteiger partial charge on any atom is 0.225 e. The number of benzene rings is 1. The number of aromatic amines is 1. The summed E-state index contributed by atoms with van der Waals surface area (Å²) in [6.45, 7) is 10.8. The third-order valence-corrected chi connectivity index (χ3v) is 6.00. The predicted molar refractivity (Wildman–Crippen MR) is 117 cm³/mol. The minimum atomic E-state index is -0.245. The van der Waals surface area contributed by atoms with Gasteiger partial charge in [-0.2, -0.15) is 0 Å². The number of nitrogens with one attached hydrogen (secondary N) is 1. The van der Waals surface area contributed by atoms with Gasteiger partial charge in [0.1, 0.15) is 11.3 Å². The topological polar surface area (TPSA) is 51.7 Å². The molecule has 0 aliphatic carbocycles. The van der Waals surface area contributed by atoms with Crippen molar-refractivity contribution < 1.29 is 9.18 Å². The van der Waals surface area contributed by atoms with Gasteiger partial charge in [0.25, 0.3) is 0 Å². The molecule has 6 heteroatoms. The van der Waals surface area contributed by atoms with Crippen molar-refractivity contribution in [2.75, 3.05) is 26.2 Å². The number of hydrogen-bond acceptors (Lipinski definition) is 3. The summed E-state index contributed by atoms with van der Waals surface area (Å²) in [5, 5.41) is 0.946. The number of nitrogens with zero attached hydrogens (tertiary/aromatic N) is 3. The van der Waals surface area contributed by atoms with Crippen LogP contribution in [0, 0.1) is 11.7 Å². The fourth-order valence-corrected chi connectivity index (χ4v) is 4.46. The summed E-state index contributed by atoms with van der Waals surface area (Å²) in [6.07, 6.45) is 3.97. The van der Waals surface area contributed by atoms with E-state index >= 15 is 0 Å². The summed E-state index contributed by atoms with van der Waals surface area (Å²) >= 11 is 0. The summed E-state index contributed by atoms with van der Waals surface area (Å²) in [5.41, 5.74) is 4.38. The Bertz CT molecular complexity index is 1110. The summed E-state index contributed by atoms with van der Waals surface area (Å²) in [7, 11) is 0. The molecule has 1 N–H and O–H groups in total. The highest BCUT2D eigenvalue weighted by Gasteiger charge is 2.30. The van der Waals surface area contributed by atoms with Gasteiger partial charge in [0.05, 0.1) is 12.2 Å². The molecule has 3 heterocycles. The Kier molecular flexibility index (Phi) is 5.50. The minimum Gasteiger partial charge on any atom is -0.364 e. The number of carbonyl (C=O) groups excluding carboxylic acids is 1. The zero-order valence-corrected chi connectivity index (χ0v) is 18.1. The average Bonchev–Trinajstić information content (AvgIpc) is 3.04. The molecule has 5 nitrogen and oxygen atoms in total. The lowest BCUT2D eigenvalue weighted by Crippen LogP contribution is -2.55. The third-order valence-electron chi connectivity index (χ3n) is 6.00. The first kappa shape index (κ1) is 20.4. The molecule has 1 amide bonds. The second-order valence-corrected chi connectivity index (χ2v) is 8.46. The summed E-state index contributed by atoms with van der Waals surface area (Å²) < 4.78 is 14.7. The fourth-order valence-electron chi connectivity index (χ4n) is 4.46. The summed E-state index contributed by atoms with van der Waals surface area (Å²) in [5.74, 6) is -0.0485. The lowest BCUT2D eigenvalue weighted by molar-refractivity contribution is -0.136. The number of amides is 1. The van der Waals surface area contributed by atoms with Crippen molar-refractivity contribution in [2.24, 2.45) is 10.9 Å². The maximum absolute atomic E-state index is 14.7. The molecule has 2 aliphatic rings. The summed E-state index contributed by atoms with van der Waals surface area (Å²) in [4.78, 5) is 24.8. The molecule has 2 aromatic rings. The highest BCUT2D eigenvalue weighted by Crippen LogP contribution is 2.26. The molecule has 1 aromatic carbocycles. The molecule has 4 rings (SSSR count). The molecule has 0 bridgehead atoms. The standard InChI is InChI=1S/C24H29FN4O/c1-15(2)24(30)28-11-12-29(17(4)14-28)22-16(3)9-10-26-23-21(22)19(13-27-23)18-7-5-6-8-20(18)25/h5-9,13,15,17H,10-12,14H2,1-4H3,(H,26,27)/t17-/m0/s1. The first-order valence-corrected chi connectivity index (χ1v) is 10.6. The van der Waals surface area contributed by atoms with Crippen molar-refractivity contribution in [3.8, 4) is 11.1 Å². The number of piperazine rings is 1. The Labute approximate surface area is 176 Å². The van der Waals surface area contributed by atoms with Crippen molar-refractivity contribution in [1.82, 2.24) is 14.8 Å². The zero-order valence-electron chi connectivity index (χ0n) is 18.1. The monoisotopic (exact) mass is 408 g/mol. The highest BCUT2D eigenvalue weighted by molar-refractivity contribution is 5.78. The van der Waals surface area contributed by atoms with Crippen molar-refractivity contribution in [1.29, 1.82) is 0 Å². The molecule has 2 aliphatic heterocycles. The molecule has 30 heavy (non-hydrogen) atoms. The van der Waals surface area contributed by atoms with Gasteiger partial charge in [-0.25, -0.2) is 4.39 Å². The van der Waals surface area contributed by atoms with E-state index in [9.17, 15) is 9.18 Å². The largest absolute Gasteiger partial charge is 0.364 e. The van der Waals surface area contributed by atoms with Gasteiger partial charge in [-0.15, -0.1) is 0 Å². The molecule has 0 unspecified atom stereocenters. The van der Waals surface area contributed by atoms with Gasteiger partial charge in [-0.05, 0) is 25.5 Å². The van der Waals surface area contributed by atoms with E-state index in [0.29, 0.717) is 25.2 Å². The summed E-state index contributed by atoms with van der Waals surface area (Å²) in [6, 6.07) is 7.01. The molecular weight excluding hydrogens is 379 g/mol. The maximum atomic E-state index is 14.7. The molecule has 1 fully saturated rings. The van der Waals surface area contributed by atoms with E-state index < -0.39 is 0 Å². The molecule has 1 atom stereocenters. The van der Waals surface area contributed by atoms with E-state index in [0.717, 1.165) is 34.1 Å². The molecule has 0 spiro atoms. The van der Waals surface area contributed by atoms with Crippen LogP contribution in [0.2, 0.25) is 0 Å². The van der Waals surface area contributed by atoms with Crippen LogP contribution < -0.4 is 10.7 Å². The van der Waals surface area contributed by atoms with Crippen LogP contribution in [-0.4, -0.2) is 52.9 Å². The lowest BCUT2D eigenvalue weighted by Gasteiger charge is -2.43. The van der Waals surface area contributed by atoms with Crippen molar-refractivity contribution in [3.05, 3.63) is 58.6 Å². The van der Waals surface area contributed by atoms with E-state index in [1.165, 1.54) is 6.07 Å². The number of halogens is 1. The molecule has 158 valence electrons. The molecule has 1 aromatic heterocycles. The second kappa shape index (κ2) is 8.09. The van der Waals surface area contributed by atoms with Crippen LogP contribution in [0.4, 0.5) is 4.39 Å². The van der Waals surface area contributed by atoms with Crippen molar-refractivity contribution in [2.45, 2.75) is 33.7 Å². The van der Waals surface area contributed by atoms with E-state index in [1.807, 2.05) is 37.1 Å². The fraction of sp³-hybridized carbons (Fsp3) is 0.417. The van der Waals surface area contributed by atoms with E-state index in [-0.39, 0.29) is 23.7 Å². The smallest absolute Gasteiger partial charge is 0.225 e. The first-order chi connectivity index (χ1) is 14.4. The van der Waals surface area contributed by atoms with Gasteiger partial charge >= 0.3 is 0 Å². The Hall–Kier alpha value is -2.89. The Morgan fingerprint density at radius 1 is 1.23 bits per heavy atom. The van der Waals surface area contributed by atoms with Gasteiger partial charge in [-0.1, -0.05) is 38.1 Å². The molecule has 0 saturated carbocycles. The van der Waals surface area contributed by atoms with Gasteiger partial charge in [0.15, 0.2) is 0 Å². The third kappa shape index (κ3) is 3.55. The molecule has 1 saturated heterocycles. The number of fused-ring (bicyclic) bond motifs is 1. The molecular formula is C24H29FN4O. The number of carbonyl (C=O) groups is 1. The van der Waals surface area contributed by atoms with Crippen LogP contribution in [-0.2, 0) is 4.79 Å². The van der Waals surface area contributed by atoms with Gasteiger partial charge in [0, 0.05) is 54.1 Å². The number of aromatic nitrogens is 1. The predicted octanol–water partition coefficient (Wildman–Crippen LogP) is 2.70. The quantitative estimate of drug-likeness (QED) is 0.849. The lowest BCUT2D eigenvalue weighted by atomic mass is 10.0. The zero-order chi connectivity index (χ0) is 21.4. The Morgan fingerprint density at radius 3 is 2.70 bits per heavy atom. The average molecular weight is 409 g/mol. The SMILES string of the molecule is CC1=CCN=c2[nH]cc(-c3ccccc3F)c2=C1N1CCN(C(=O)C(C)C)C[C@@H]1C. The Morgan fingerprint density at radius 2 is 2.00 bits per heavy atom. The van der Waals surface area contributed by atoms with Crippen LogP contribution in [0.15, 0.2) is 47.1 Å². The van der Waals surface area contributed by atoms with Gasteiger partial charge in [0.2, 0.25) is 5.91 Å². The minimum absolute atomic E-state index is 0.00125. The molecule has 0 radical (unpaired) electrons. The normalized spacial score (nSPS) is 19.3. The first-order valence-electron chi connectivity index (χ1n) is 10.6. The van der Waals surface area contributed by atoms with Crippen molar-refractivity contribution in [3.63, 3.8) is 0 Å². The van der Waals surface area contributed by atoms with E-state index in [4.69, 9.17) is 0 Å². The van der Waals surface area contributed by atoms with E-state index in [2.05, 4.69) is 34.8 Å². The van der Waals surface area contributed by atoms with Crippen LogP contribution in [0.1, 0.15) is 27.7 Å². The second-order valence-electron chi connectivity index (χ2n) is 8.46. The Balaban J connectivity index is 1.84. The van der Waals surface area contributed by atoms with Crippen LogP contribution in [0.3, 0.4) is 0 Å². The van der Waals surface area contributed by atoms with Gasteiger partial charge < -0.3 is 14.8 Å². The number of H-pyrrole nitrogens is 1.